The standard InChI is InChI=1S/C23H21F4N7O3/c1-11-4-14-5-12(8-34(14)17(11)20(36)30-13-2-3-28-15(6-13)19(24)25)18(35)21(37)31-22(9-23(26,27)10-22)16-7-29-33-32-16/h2-4,6-7,12,19H,5,8-10H2,1H3,(H,31,37)(H,28,30,36)(H,29,32,33). The van der Waals surface area contributed by atoms with E-state index >= 15 is 0 Å². The molecule has 1 atom stereocenters. The number of carbonyl (C=O) groups excluding carboxylic acids is 3. The minimum Gasteiger partial charge on any atom is -0.340 e. The Balaban J connectivity index is 1.29. The minimum atomic E-state index is -3.01. The van der Waals surface area contributed by atoms with Gasteiger partial charge in [-0.3, -0.25) is 19.4 Å². The summed E-state index contributed by atoms with van der Waals surface area (Å²) in [5.41, 5.74) is -0.284. The highest BCUT2D eigenvalue weighted by Crippen LogP contribution is 2.51. The normalized spacial score (nSPS) is 19.2. The minimum absolute atomic E-state index is 0.0178. The van der Waals surface area contributed by atoms with Crippen molar-refractivity contribution in [2.45, 2.75) is 50.6 Å². The molecule has 14 heteroatoms. The van der Waals surface area contributed by atoms with Crippen LogP contribution in [-0.4, -0.2) is 48.5 Å². The molecular formula is C23H21F4N7O3. The van der Waals surface area contributed by atoms with Crippen LogP contribution in [0.15, 0.2) is 30.6 Å². The number of alkyl halides is 4. The summed E-state index contributed by atoms with van der Waals surface area (Å²) in [5, 5.41) is 14.7. The number of pyridine rings is 1. The summed E-state index contributed by atoms with van der Waals surface area (Å²) in [4.78, 5) is 42.3. The topological polar surface area (TPSA) is 135 Å². The number of aromatic nitrogens is 5. The first-order valence-electron chi connectivity index (χ1n) is 11.3. The number of anilines is 1. The van der Waals surface area contributed by atoms with Crippen molar-refractivity contribution in [1.29, 1.82) is 0 Å². The number of rotatable bonds is 7. The molecule has 37 heavy (non-hydrogen) atoms. The molecule has 3 aromatic rings. The van der Waals surface area contributed by atoms with E-state index in [1.807, 2.05) is 0 Å². The van der Waals surface area contributed by atoms with Crippen LogP contribution in [0.1, 0.15) is 52.4 Å². The van der Waals surface area contributed by atoms with Gasteiger partial charge in [0.05, 0.1) is 17.7 Å². The van der Waals surface area contributed by atoms with Crippen LogP contribution in [0.4, 0.5) is 23.2 Å². The molecule has 0 spiro atoms. The number of halogens is 4. The van der Waals surface area contributed by atoms with E-state index in [1.165, 1.54) is 12.3 Å². The Kier molecular flexibility index (Phi) is 5.83. The number of Topliss-reactive ketones (excluding diaryl/α,β-unsaturated/α-hetero) is 1. The van der Waals surface area contributed by atoms with Gasteiger partial charge in [-0.15, -0.1) is 0 Å². The molecule has 0 bridgehead atoms. The Bertz CT molecular complexity index is 1380. The summed E-state index contributed by atoms with van der Waals surface area (Å²) in [6.07, 6.45) is -1.67. The molecule has 1 saturated carbocycles. The van der Waals surface area contributed by atoms with E-state index in [2.05, 4.69) is 31.0 Å². The zero-order valence-electron chi connectivity index (χ0n) is 19.4. The molecule has 1 unspecified atom stereocenters. The second-order valence-corrected chi connectivity index (χ2v) is 9.37. The van der Waals surface area contributed by atoms with Crippen LogP contribution in [-0.2, 0) is 28.1 Å². The van der Waals surface area contributed by atoms with Gasteiger partial charge >= 0.3 is 0 Å². The fourth-order valence-corrected chi connectivity index (χ4v) is 5.04. The summed E-state index contributed by atoms with van der Waals surface area (Å²) in [6.45, 7) is 1.71. The van der Waals surface area contributed by atoms with Gasteiger partial charge in [-0.1, -0.05) is 0 Å². The number of ketones is 1. The predicted octanol–water partition coefficient (Wildman–Crippen LogP) is 2.68. The smallest absolute Gasteiger partial charge is 0.288 e. The SMILES string of the molecule is Cc1cc2n(c1C(=O)Nc1ccnc(C(F)F)c1)CC(C(=O)C(=O)NC1(c3cn[nH]n3)CC(F)(F)C1)C2. The zero-order chi connectivity index (χ0) is 26.5. The largest absolute Gasteiger partial charge is 0.340 e. The van der Waals surface area contributed by atoms with Crippen molar-refractivity contribution >= 4 is 23.3 Å². The van der Waals surface area contributed by atoms with E-state index in [0.29, 0.717) is 11.3 Å². The second-order valence-electron chi connectivity index (χ2n) is 9.37. The highest BCUT2D eigenvalue weighted by Gasteiger charge is 2.60. The number of hydrogen-bond donors (Lipinski definition) is 3. The average Bonchev–Trinajstić information content (AvgIpc) is 3.53. The summed E-state index contributed by atoms with van der Waals surface area (Å²) in [6, 6.07) is 4.15. The van der Waals surface area contributed by atoms with Crippen LogP contribution in [0.25, 0.3) is 0 Å². The van der Waals surface area contributed by atoms with Gasteiger partial charge in [0, 0.05) is 37.0 Å². The first-order chi connectivity index (χ1) is 17.5. The molecule has 2 amide bonds. The predicted molar refractivity (Wildman–Crippen MR) is 119 cm³/mol. The quantitative estimate of drug-likeness (QED) is 0.325. The van der Waals surface area contributed by atoms with Crippen molar-refractivity contribution in [2.75, 3.05) is 5.32 Å². The molecule has 1 aliphatic heterocycles. The lowest BCUT2D eigenvalue weighted by atomic mass is 9.71. The number of nitrogens with one attached hydrogen (secondary N) is 3. The molecule has 0 radical (unpaired) electrons. The number of aromatic amines is 1. The van der Waals surface area contributed by atoms with Gasteiger partial charge in [0.1, 0.15) is 17.1 Å². The molecular weight excluding hydrogens is 498 g/mol. The molecule has 1 aliphatic carbocycles. The summed E-state index contributed by atoms with van der Waals surface area (Å²) in [5.74, 6) is -6.22. The van der Waals surface area contributed by atoms with Crippen molar-refractivity contribution in [3.8, 4) is 0 Å². The number of fused-ring (bicyclic) bond motifs is 1. The summed E-state index contributed by atoms with van der Waals surface area (Å²) >= 11 is 0. The van der Waals surface area contributed by atoms with E-state index in [4.69, 9.17) is 0 Å². The first-order valence-corrected chi connectivity index (χ1v) is 11.3. The number of H-pyrrole nitrogens is 1. The van der Waals surface area contributed by atoms with E-state index in [0.717, 1.165) is 12.3 Å². The number of carbonyl (C=O) groups is 3. The molecule has 3 N–H and O–H groups in total. The Labute approximate surface area is 206 Å². The molecule has 2 aliphatic rings. The molecule has 1 fully saturated rings. The van der Waals surface area contributed by atoms with Crippen molar-refractivity contribution in [3.05, 3.63) is 58.9 Å². The number of aryl methyl sites for hydroxylation is 1. The van der Waals surface area contributed by atoms with Crippen LogP contribution in [0.3, 0.4) is 0 Å². The van der Waals surface area contributed by atoms with Gasteiger partial charge in [-0.05, 0) is 37.1 Å². The van der Waals surface area contributed by atoms with Gasteiger partial charge in [0.15, 0.2) is 0 Å². The van der Waals surface area contributed by atoms with Crippen molar-refractivity contribution in [1.82, 2.24) is 30.3 Å². The molecule has 0 saturated heterocycles. The first kappa shape index (κ1) is 24.6. The van der Waals surface area contributed by atoms with Gasteiger partial charge in [-0.2, -0.15) is 15.4 Å². The Morgan fingerprint density at radius 3 is 2.62 bits per heavy atom. The molecule has 0 aromatic carbocycles. The molecule has 5 rings (SSSR count). The fourth-order valence-electron chi connectivity index (χ4n) is 5.04. The van der Waals surface area contributed by atoms with Crippen molar-refractivity contribution in [2.24, 2.45) is 5.92 Å². The van der Waals surface area contributed by atoms with Crippen molar-refractivity contribution in [3.63, 3.8) is 0 Å². The van der Waals surface area contributed by atoms with E-state index in [-0.39, 0.29) is 30.0 Å². The second kappa shape index (κ2) is 8.78. The van der Waals surface area contributed by atoms with Gasteiger partial charge in [0.2, 0.25) is 5.78 Å². The zero-order valence-corrected chi connectivity index (χ0v) is 19.4. The third-order valence-electron chi connectivity index (χ3n) is 6.68. The lowest BCUT2D eigenvalue weighted by molar-refractivity contribution is -0.156. The van der Waals surface area contributed by atoms with Gasteiger partial charge in [-0.25, -0.2) is 17.6 Å². The Morgan fingerprint density at radius 1 is 1.22 bits per heavy atom. The van der Waals surface area contributed by atoms with Crippen LogP contribution < -0.4 is 10.6 Å². The third-order valence-corrected chi connectivity index (χ3v) is 6.68. The molecule has 4 heterocycles. The van der Waals surface area contributed by atoms with E-state index < -0.39 is 59.9 Å². The molecule has 10 nitrogen and oxygen atoms in total. The lowest BCUT2D eigenvalue weighted by Crippen LogP contribution is -2.61. The Morgan fingerprint density at radius 2 is 1.97 bits per heavy atom. The number of nitrogens with zero attached hydrogens (tertiary/aromatic N) is 4. The van der Waals surface area contributed by atoms with Crippen LogP contribution in [0.2, 0.25) is 0 Å². The summed E-state index contributed by atoms with van der Waals surface area (Å²) < 4.78 is 54.9. The lowest BCUT2D eigenvalue weighted by Gasteiger charge is -2.46. The monoisotopic (exact) mass is 519 g/mol. The van der Waals surface area contributed by atoms with Gasteiger partial charge < -0.3 is 15.2 Å². The van der Waals surface area contributed by atoms with E-state index in [1.54, 1.807) is 17.6 Å². The molecule has 3 aromatic heterocycles. The number of hydrogen-bond acceptors (Lipinski definition) is 6. The maximum Gasteiger partial charge on any atom is 0.288 e. The molecule has 194 valence electrons. The summed E-state index contributed by atoms with van der Waals surface area (Å²) in [7, 11) is 0. The maximum absolute atomic E-state index is 13.7. The highest BCUT2D eigenvalue weighted by molar-refractivity contribution is 6.37. The Hall–Kier alpha value is -4.10. The fraction of sp³-hybridized carbons (Fsp3) is 0.391. The third kappa shape index (κ3) is 4.47. The van der Waals surface area contributed by atoms with Crippen LogP contribution in [0.5, 0.6) is 0 Å². The van der Waals surface area contributed by atoms with Crippen LogP contribution in [0, 0.1) is 12.8 Å². The van der Waals surface area contributed by atoms with Crippen molar-refractivity contribution < 1.29 is 31.9 Å². The number of amides is 2. The van der Waals surface area contributed by atoms with Crippen LogP contribution >= 0.6 is 0 Å². The average molecular weight is 519 g/mol. The van der Waals surface area contributed by atoms with Gasteiger partial charge in [0.25, 0.3) is 24.2 Å². The highest BCUT2D eigenvalue weighted by atomic mass is 19.3. The maximum atomic E-state index is 13.7. The van der Waals surface area contributed by atoms with E-state index in [9.17, 15) is 31.9 Å².